The number of fused-ring (bicyclic) bond motifs is 2. The van der Waals surface area contributed by atoms with Crippen molar-refractivity contribution in [1.82, 2.24) is 14.9 Å². The number of amides is 1. The lowest BCUT2D eigenvalue weighted by Crippen LogP contribution is -2.36. The second-order valence-corrected chi connectivity index (χ2v) is 10.8. The van der Waals surface area contributed by atoms with Gasteiger partial charge in [0.05, 0.1) is 48.8 Å². The second kappa shape index (κ2) is 13.6. The molecule has 10 nitrogen and oxygen atoms in total. The van der Waals surface area contributed by atoms with Crippen LogP contribution in [0.1, 0.15) is 5.56 Å². The SMILES string of the molecule is COc1cc2ncnc(Nc3ccc(OCc4cccc(F)c4)c(Cl)c3)c2cc1NC(=O)/C=C/CN1CC2OCCOC2C1. The van der Waals surface area contributed by atoms with Crippen LogP contribution >= 0.6 is 11.6 Å². The van der Waals surface area contributed by atoms with Crippen molar-refractivity contribution in [3.8, 4) is 11.5 Å². The van der Waals surface area contributed by atoms with Crippen molar-refractivity contribution in [2.75, 3.05) is 50.6 Å². The number of ether oxygens (including phenoxy) is 4. The van der Waals surface area contributed by atoms with Gasteiger partial charge in [0.1, 0.15) is 36.1 Å². The fourth-order valence-corrected chi connectivity index (χ4v) is 5.48. The fourth-order valence-electron chi connectivity index (χ4n) is 5.24. The summed E-state index contributed by atoms with van der Waals surface area (Å²) in [6, 6.07) is 14.9. The first kappa shape index (κ1) is 29.8. The van der Waals surface area contributed by atoms with E-state index in [1.54, 1.807) is 42.5 Å². The Labute approximate surface area is 258 Å². The number of anilines is 3. The van der Waals surface area contributed by atoms with E-state index in [2.05, 4.69) is 25.5 Å². The van der Waals surface area contributed by atoms with Crippen LogP contribution in [0.4, 0.5) is 21.6 Å². The average molecular weight is 620 g/mol. The zero-order chi connectivity index (χ0) is 30.5. The summed E-state index contributed by atoms with van der Waals surface area (Å²) in [7, 11) is 1.53. The van der Waals surface area contributed by atoms with Gasteiger partial charge in [-0.05, 0) is 42.0 Å². The van der Waals surface area contributed by atoms with Gasteiger partial charge in [-0.15, -0.1) is 0 Å². The molecule has 0 aliphatic carbocycles. The Balaban J connectivity index is 1.13. The number of halogens is 2. The number of hydrogen-bond acceptors (Lipinski definition) is 9. The molecule has 2 atom stereocenters. The molecule has 3 heterocycles. The molecule has 0 spiro atoms. The highest BCUT2D eigenvalue weighted by Crippen LogP contribution is 2.35. The number of hydrogen-bond donors (Lipinski definition) is 2. The Kier molecular flexibility index (Phi) is 9.17. The third-order valence-corrected chi connectivity index (χ3v) is 7.66. The van der Waals surface area contributed by atoms with Gasteiger partial charge in [0.25, 0.3) is 0 Å². The monoisotopic (exact) mass is 619 g/mol. The van der Waals surface area contributed by atoms with Crippen LogP contribution in [-0.4, -0.2) is 72.9 Å². The quantitative estimate of drug-likeness (QED) is 0.227. The predicted molar refractivity (Wildman–Crippen MR) is 165 cm³/mol. The van der Waals surface area contributed by atoms with E-state index in [0.29, 0.717) is 69.9 Å². The molecule has 1 aromatic heterocycles. The second-order valence-electron chi connectivity index (χ2n) is 10.4. The summed E-state index contributed by atoms with van der Waals surface area (Å²) < 4.78 is 36.3. The molecule has 1 amide bonds. The summed E-state index contributed by atoms with van der Waals surface area (Å²) in [5.74, 6) is 0.810. The van der Waals surface area contributed by atoms with Crippen LogP contribution < -0.4 is 20.1 Å². The van der Waals surface area contributed by atoms with Gasteiger partial charge in [0.15, 0.2) is 0 Å². The number of rotatable bonds is 10. The highest BCUT2D eigenvalue weighted by Gasteiger charge is 2.35. The van der Waals surface area contributed by atoms with Gasteiger partial charge in [-0.2, -0.15) is 0 Å². The maximum absolute atomic E-state index is 13.5. The van der Waals surface area contributed by atoms with E-state index in [1.165, 1.54) is 31.6 Å². The number of benzene rings is 3. The first-order valence-corrected chi connectivity index (χ1v) is 14.5. The van der Waals surface area contributed by atoms with Crippen LogP contribution in [0.15, 0.2) is 73.1 Å². The van der Waals surface area contributed by atoms with Crippen LogP contribution in [0.25, 0.3) is 10.9 Å². The Bertz CT molecular complexity index is 1670. The number of aromatic nitrogens is 2. The van der Waals surface area contributed by atoms with E-state index < -0.39 is 0 Å². The molecule has 0 saturated carbocycles. The molecule has 2 fully saturated rings. The molecule has 0 radical (unpaired) electrons. The molecular formula is C32H31ClFN5O5. The summed E-state index contributed by atoms with van der Waals surface area (Å²) in [6.45, 7) is 3.59. The summed E-state index contributed by atoms with van der Waals surface area (Å²) in [6.07, 6.45) is 4.95. The minimum atomic E-state index is -0.327. The van der Waals surface area contributed by atoms with Crippen molar-refractivity contribution in [2.24, 2.45) is 0 Å². The number of carbonyl (C=O) groups excluding carboxylic acids is 1. The molecule has 2 unspecified atom stereocenters. The van der Waals surface area contributed by atoms with E-state index in [9.17, 15) is 9.18 Å². The number of nitrogens with zero attached hydrogens (tertiary/aromatic N) is 3. The standard InChI is InChI=1S/C32H31ClFN5O5/c1-41-28-15-25-23(14-26(28)38-31(40)6-3-9-39-16-29-30(17-39)43-11-10-42-29)32(36-19-35-25)37-22-7-8-27(24(33)13-22)44-18-20-4-2-5-21(34)12-20/h2-8,12-15,19,29-30H,9-11,16-18H2,1H3,(H,38,40)(H,35,36,37)/b6-3+. The minimum absolute atomic E-state index is 0.0897. The van der Waals surface area contributed by atoms with Crippen LogP contribution in [0.5, 0.6) is 11.5 Å². The first-order chi connectivity index (χ1) is 21.4. The lowest BCUT2D eigenvalue weighted by Gasteiger charge is -2.24. The number of likely N-dealkylation sites (tertiary alicyclic amines) is 1. The summed E-state index contributed by atoms with van der Waals surface area (Å²) in [5, 5.41) is 7.21. The topological polar surface area (TPSA) is 107 Å². The first-order valence-electron chi connectivity index (χ1n) is 14.1. The van der Waals surface area contributed by atoms with E-state index in [0.717, 1.165) is 13.1 Å². The number of carbonyl (C=O) groups is 1. The molecule has 0 bridgehead atoms. The molecule has 228 valence electrons. The molecule has 2 N–H and O–H groups in total. The highest BCUT2D eigenvalue weighted by molar-refractivity contribution is 6.32. The lowest BCUT2D eigenvalue weighted by molar-refractivity contribution is -0.116. The Morgan fingerprint density at radius 3 is 2.66 bits per heavy atom. The van der Waals surface area contributed by atoms with E-state index in [4.69, 9.17) is 30.5 Å². The Morgan fingerprint density at radius 2 is 1.91 bits per heavy atom. The number of nitrogens with one attached hydrogen (secondary N) is 2. The van der Waals surface area contributed by atoms with E-state index in [-0.39, 0.29) is 30.5 Å². The van der Waals surface area contributed by atoms with Gasteiger partial charge in [-0.1, -0.05) is 29.8 Å². The van der Waals surface area contributed by atoms with Crippen LogP contribution in [0.3, 0.4) is 0 Å². The highest BCUT2D eigenvalue weighted by atomic mass is 35.5. The van der Waals surface area contributed by atoms with Crippen molar-refractivity contribution in [3.05, 3.63) is 89.5 Å². The van der Waals surface area contributed by atoms with Gasteiger partial charge >= 0.3 is 0 Å². The van der Waals surface area contributed by atoms with Crippen molar-refractivity contribution in [3.63, 3.8) is 0 Å². The molecule has 6 rings (SSSR count). The normalized spacial score (nSPS) is 18.3. The molecule has 12 heteroatoms. The molecule has 2 aliphatic heterocycles. The van der Waals surface area contributed by atoms with Crippen molar-refractivity contribution in [2.45, 2.75) is 18.8 Å². The van der Waals surface area contributed by atoms with Gasteiger partial charge in [0.2, 0.25) is 5.91 Å². The number of methoxy groups -OCH3 is 1. The molecular weight excluding hydrogens is 589 g/mol. The van der Waals surface area contributed by atoms with Crippen LogP contribution in [0, 0.1) is 5.82 Å². The smallest absolute Gasteiger partial charge is 0.248 e. The van der Waals surface area contributed by atoms with Gasteiger partial charge in [-0.25, -0.2) is 14.4 Å². The zero-order valence-electron chi connectivity index (χ0n) is 24.0. The molecule has 4 aromatic rings. The maximum atomic E-state index is 13.5. The zero-order valence-corrected chi connectivity index (χ0v) is 24.7. The maximum Gasteiger partial charge on any atom is 0.248 e. The predicted octanol–water partition coefficient (Wildman–Crippen LogP) is 5.35. The van der Waals surface area contributed by atoms with Crippen molar-refractivity contribution >= 4 is 45.6 Å². The third kappa shape index (κ3) is 7.08. The molecule has 2 saturated heterocycles. The van der Waals surface area contributed by atoms with Crippen LogP contribution in [0.2, 0.25) is 5.02 Å². The van der Waals surface area contributed by atoms with Crippen LogP contribution in [-0.2, 0) is 20.9 Å². The Morgan fingerprint density at radius 1 is 1.09 bits per heavy atom. The van der Waals surface area contributed by atoms with E-state index >= 15 is 0 Å². The van der Waals surface area contributed by atoms with Gasteiger partial charge < -0.3 is 29.6 Å². The van der Waals surface area contributed by atoms with Crippen molar-refractivity contribution < 1.29 is 28.1 Å². The molecule has 3 aromatic carbocycles. The summed E-state index contributed by atoms with van der Waals surface area (Å²) in [5.41, 5.74) is 2.45. The minimum Gasteiger partial charge on any atom is -0.494 e. The van der Waals surface area contributed by atoms with Gasteiger partial charge in [-0.3, -0.25) is 9.69 Å². The third-order valence-electron chi connectivity index (χ3n) is 7.36. The Hall–Kier alpha value is -4.29. The summed E-state index contributed by atoms with van der Waals surface area (Å²) >= 11 is 6.49. The van der Waals surface area contributed by atoms with Crippen molar-refractivity contribution in [1.29, 1.82) is 0 Å². The van der Waals surface area contributed by atoms with E-state index in [1.807, 2.05) is 6.08 Å². The van der Waals surface area contributed by atoms with Gasteiger partial charge in [0, 0.05) is 42.9 Å². The average Bonchev–Trinajstić information content (AvgIpc) is 3.43. The summed E-state index contributed by atoms with van der Waals surface area (Å²) in [4.78, 5) is 23.8. The molecule has 2 aliphatic rings. The molecule has 44 heavy (non-hydrogen) atoms. The lowest BCUT2D eigenvalue weighted by atomic mass is 10.1. The largest absolute Gasteiger partial charge is 0.494 e. The fraction of sp³-hybridized carbons (Fsp3) is 0.281.